The minimum atomic E-state index is -0.947. The van der Waals surface area contributed by atoms with Gasteiger partial charge < -0.3 is 10.4 Å². The largest absolute Gasteiger partial charge is 0.390 e. The molecule has 1 aliphatic heterocycles. The van der Waals surface area contributed by atoms with Gasteiger partial charge in [0.15, 0.2) is 0 Å². The van der Waals surface area contributed by atoms with Crippen molar-refractivity contribution in [3.05, 3.63) is 0 Å². The van der Waals surface area contributed by atoms with Crippen LogP contribution in [0.2, 0.25) is 25.2 Å². The number of nitrogens with one attached hydrogen (secondary N) is 1. The lowest BCUT2D eigenvalue weighted by Crippen LogP contribution is -2.50. The quantitative estimate of drug-likeness (QED) is 0.780. The number of rotatable bonds is 3. The number of carbonyl (C=O) groups is 1. The summed E-state index contributed by atoms with van der Waals surface area (Å²) in [5.74, 6) is 1.06. The van der Waals surface area contributed by atoms with Crippen LogP contribution in [0.5, 0.6) is 0 Å². The van der Waals surface area contributed by atoms with Crippen molar-refractivity contribution in [2.75, 3.05) is 19.6 Å². The molecule has 3 fully saturated rings. The molecular formula is C16H30N2O2Si. The molecule has 0 aromatic carbocycles. The lowest BCUT2D eigenvalue weighted by molar-refractivity contribution is -0.123. The first-order chi connectivity index (χ1) is 9.75. The van der Waals surface area contributed by atoms with Crippen LogP contribution in [0.4, 0.5) is 0 Å². The van der Waals surface area contributed by atoms with Gasteiger partial charge >= 0.3 is 0 Å². The molecule has 0 spiro atoms. The number of fused-ring (bicyclic) bond motifs is 2. The molecule has 1 saturated heterocycles. The Bertz CT molecular complexity index is 415. The van der Waals surface area contributed by atoms with E-state index in [0.717, 1.165) is 32.4 Å². The van der Waals surface area contributed by atoms with Gasteiger partial charge in [0.25, 0.3) is 0 Å². The van der Waals surface area contributed by atoms with Crippen molar-refractivity contribution in [2.45, 2.75) is 63.0 Å². The van der Waals surface area contributed by atoms with Gasteiger partial charge in [0.05, 0.1) is 12.1 Å². The molecule has 3 aliphatic rings. The molecule has 2 saturated carbocycles. The lowest BCUT2D eigenvalue weighted by atomic mass is 9.83. The predicted octanol–water partition coefficient (Wildman–Crippen LogP) is 1.68. The Morgan fingerprint density at radius 1 is 1.33 bits per heavy atom. The zero-order valence-corrected chi connectivity index (χ0v) is 14.7. The molecule has 4 nitrogen and oxygen atoms in total. The molecule has 2 N–H and O–H groups in total. The maximum absolute atomic E-state index is 12.3. The highest BCUT2D eigenvalue weighted by Gasteiger charge is 2.52. The van der Waals surface area contributed by atoms with Crippen molar-refractivity contribution in [3.63, 3.8) is 0 Å². The highest BCUT2D eigenvalue weighted by atomic mass is 28.3. The number of hydrogen-bond donors (Lipinski definition) is 2. The normalized spacial score (nSPS) is 42.2. The Kier molecular flexibility index (Phi) is 3.95. The van der Waals surface area contributed by atoms with E-state index in [-0.39, 0.29) is 5.91 Å². The van der Waals surface area contributed by atoms with Crippen LogP contribution in [0.15, 0.2) is 0 Å². The molecule has 3 rings (SSSR count). The van der Waals surface area contributed by atoms with Crippen LogP contribution in [-0.2, 0) is 4.79 Å². The van der Waals surface area contributed by atoms with Gasteiger partial charge in [-0.3, -0.25) is 9.69 Å². The summed E-state index contributed by atoms with van der Waals surface area (Å²) in [6, 6.07) is 2.94. The molecular weight excluding hydrogens is 280 g/mol. The van der Waals surface area contributed by atoms with Crippen LogP contribution < -0.4 is 5.32 Å². The van der Waals surface area contributed by atoms with Crippen molar-refractivity contribution < 1.29 is 9.90 Å². The molecule has 0 aromatic rings. The Balaban J connectivity index is 1.44. The number of carbonyl (C=O) groups excluding carboxylic acids is 1. The van der Waals surface area contributed by atoms with Crippen molar-refractivity contribution in [2.24, 2.45) is 11.8 Å². The van der Waals surface area contributed by atoms with Crippen molar-refractivity contribution >= 4 is 14.0 Å². The number of hydrogen-bond acceptors (Lipinski definition) is 3. The maximum Gasteiger partial charge on any atom is 0.234 e. The van der Waals surface area contributed by atoms with Crippen LogP contribution in [0.3, 0.4) is 0 Å². The first kappa shape index (κ1) is 15.5. The van der Waals surface area contributed by atoms with Crippen LogP contribution >= 0.6 is 0 Å². The molecule has 2 aliphatic carbocycles. The van der Waals surface area contributed by atoms with Crippen LogP contribution in [0, 0.1) is 11.8 Å². The van der Waals surface area contributed by atoms with Gasteiger partial charge in [-0.05, 0) is 63.2 Å². The van der Waals surface area contributed by atoms with E-state index >= 15 is 0 Å². The van der Waals surface area contributed by atoms with Crippen LogP contribution in [-0.4, -0.2) is 55.3 Å². The Labute approximate surface area is 129 Å². The average molecular weight is 311 g/mol. The molecule has 21 heavy (non-hydrogen) atoms. The summed E-state index contributed by atoms with van der Waals surface area (Å²) in [6.45, 7) is 9.61. The standard InChI is InChI=1S/C16H30N2O2Si/c1-16(20)10-12-8-13(16)9-14(12)17-15(19)11-18-4-6-21(2,3)7-5-18/h12-14,20H,4-11H2,1-3H3,(H,17,19)/t12-,13-,14-,16+/m0/s1. The summed E-state index contributed by atoms with van der Waals surface area (Å²) in [6.07, 6.45) is 2.90. The van der Waals surface area contributed by atoms with E-state index in [1.165, 1.54) is 12.1 Å². The average Bonchev–Trinajstić information content (AvgIpc) is 2.87. The molecule has 1 amide bonds. The topological polar surface area (TPSA) is 52.6 Å². The third kappa shape index (κ3) is 3.35. The van der Waals surface area contributed by atoms with Gasteiger partial charge in [-0.2, -0.15) is 0 Å². The van der Waals surface area contributed by atoms with Gasteiger partial charge in [0.1, 0.15) is 0 Å². The zero-order chi connectivity index (χ0) is 15.3. The summed E-state index contributed by atoms with van der Waals surface area (Å²) in [5.41, 5.74) is -0.491. The number of aliphatic hydroxyl groups is 1. The monoisotopic (exact) mass is 310 g/mol. The second-order valence-corrected chi connectivity index (χ2v) is 13.9. The van der Waals surface area contributed by atoms with Gasteiger partial charge in [-0.1, -0.05) is 13.1 Å². The summed E-state index contributed by atoms with van der Waals surface area (Å²) < 4.78 is 0. The molecule has 4 atom stereocenters. The van der Waals surface area contributed by atoms with Crippen LogP contribution in [0.25, 0.3) is 0 Å². The fourth-order valence-corrected chi connectivity index (χ4v) is 6.60. The smallest absolute Gasteiger partial charge is 0.234 e. The minimum Gasteiger partial charge on any atom is -0.390 e. The minimum absolute atomic E-state index is 0.188. The fourth-order valence-electron chi connectivity index (χ4n) is 4.50. The van der Waals surface area contributed by atoms with Gasteiger partial charge in [-0.15, -0.1) is 0 Å². The fraction of sp³-hybridized carbons (Fsp3) is 0.938. The third-order valence-electron chi connectivity index (χ3n) is 6.17. The first-order valence-corrected chi connectivity index (χ1v) is 11.9. The zero-order valence-electron chi connectivity index (χ0n) is 13.7. The highest BCUT2D eigenvalue weighted by Crippen LogP contribution is 2.50. The Morgan fingerprint density at radius 2 is 2.00 bits per heavy atom. The van der Waals surface area contributed by atoms with Crippen LogP contribution in [0.1, 0.15) is 26.2 Å². The van der Waals surface area contributed by atoms with E-state index in [2.05, 4.69) is 23.3 Å². The second kappa shape index (κ2) is 5.35. The van der Waals surface area contributed by atoms with E-state index < -0.39 is 13.7 Å². The van der Waals surface area contributed by atoms with E-state index in [9.17, 15) is 9.90 Å². The lowest BCUT2D eigenvalue weighted by Gasteiger charge is -2.36. The SMILES string of the molecule is C[C@@]1(O)C[C@@H]2C[C@H]1C[C@@H]2NC(=O)CN1CC[Si](C)(C)CC1. The van der Waals surface area contributed by atoms with Gasteiger partial charge in [0, 0.05) is 14.1 Å². The predicted molar refractivity (Wildman–Crippen MR) is 86.9 cm³/mol. The van der Waals surface area contributed by atoms with Crippen molar-refractivity contribution in [1.29, 1.82) is 0 Å². The third-order valence-corrected chi connectivity index (χ3v) is 9.33. The number of nitrogens with zero attached hydrogens (tertiary/aromatic N) is 1. The van der Waals surface area contributed by atoms with Crippen molar-refractivity contribution in [3.8, 4) is 0 Å². The van der Waals surface area contributed by atoms with E-state index in [0.29, 0.717) is 24.4 Å². The van der Waals surface area contributed by atoms with Gasteiger partial charge in [-0.25, -0.2) is 0 Å². The highest BCUT2D eigenvalue weighted by molar-refractivity contribution is 6.77. The maximum atomic E-state index is 12.3. The Hall–Kier alpha value is -0.393. The van der Waals surface area contributed by atoms with E-state index in [1.54, 1.807) is 0 Å². The Morgan fingerprint density at radius 3 is 2.52 bits per heavy atom. The molecule has 0 unspecified atom stereocenters. The molecule has 0 aromatic heterocycles. The van der Waals surface area contributed by atoms with E-state index in [4.69, 9.17) is 0 Å². The molecule has 1 heterocycles. The summed E-state index contributed by atoms with van der Waals surface area (Å²) >= 11 is 0. The molecule has 120 valence electrons. The molecule has 2 bridgehead atoms. The molecule has 0 radical (unpaired) electrons. The summed E-state index contributed by atoms with van der Waals surface area (Å²) in [7, 11) is -0.947. The summed E-state index contributed by atoms with van der Waals surface area (Å²) in [5, 5.41) is 13.5. The second-order valence-electron chi connectivity index (χ2n) is 8.60. The number of amides is 1. The summed E-state index contributed by atoms with van der Waals surface area (Å²) in [4.78, 5) is 14.6. The van der Waals surface area contributed by atoms with E-state index in [1.807, 2.05) is 6.92 Å². The van der Waals surface area contributed by atoms with Crippen molar-refractivity contribution in [1.82, 2.24) is 10.2 Å². The van der Waals surface area contributed by atoms with Gasteiger partial charge in [0.2, 0.25) is 5.91 Å². The first-order valence-electron chi connectivity index (χ1n) is 8.49. The molecule has 5 heteroatoms.